The molecule has 0 bridgehead atoms. The summed E-state index contributed by atoms with van der Waals surface area (Å²) in [4.78, 5) is 9.39. The summed E-state index contributed by atoms with van der Waals surface area (Å²) in [6, 6.07) is 44.0. The van der Waals surface area contributed by atoms with Crippen LogP contribution in [0.2, 0.25) is 0 Å². The molecular formula is C50H51N4OPt-3. The Bertz CT molecular complexity index is 2520. The second-order valence-corrected chi connectivity index (χ2v) is 16.9. The van der Waals surface area contributed by atoms with Gasteiger partial charge in [-0.05, 0) is 93.8 Å². The van der Waals surface area contributed by atoms with E-state index in [9.17, 15) is 0 Å². The molecule has 0 spiro atoms. The molecule has 1 aliphatic heterocycles. The van der Waals surface area contributed by atoms with Crippen molar-refractivity contribution in [3.8, 4) is 17.3 Å². The van der Waals surface area contributed by atoms with Crippen molar-refractivity contribution < 1.29 is 25.8 Å². The predicted molar refractivity (Wildman–Crippen MR) is 230 cm³/mol. The molecule has 0 saturated heterocycles. The summed E-state index contributed by atoms with van der Waals surface area (Å²) in [6.07, 6.45) is 6.25. The van der Waals surface area contributed by atoms with Crippen LogP contribution in [0.1, 0.15) is 90.5 Å². The van der Waals surface area contributed by atoms with Crippen LogP contribution in [0.3, 0.4) is 0 Å². The topological polar surface area (TPSA) is 33.5 Å². The third kappa shape index (κ3) is 7.51. The van der Waals surface area contributed by atoms with Gasteiger partial charge in [0.1, 0.15) is 5.82 Å². The number of nitrogens with zero attached hydrogens (tertiary/aromatic N) is 4. The minimum Gasteiger partial charge on any atom is -0.509 e. The SMILES string of the molecule is CCCc1cc2c3ccc(Oc4[c-]c(N5[CH-]N(c6cccc(C(C)(C)C)c6)c6ccccc65)ccc4)[c-]c3n(-c3cc(C(C)(C)C)ccn3)c2cc1CCC.[Pt]. The quantitative estimate of drug-likeness (QED) is 0.135. The summed E-state index contributed by atoms with van der Waals surface area (Å²) in [7, 11) is 0. The van der Waals surface area contributed by atoms with Gasteiger partial charge in [-0.2, -0.15) is 12.1 Å². The molecule has 0 aliphatic carbocycles. The minimum absolute atomic E-state index is 0. The van der Waals surface area contributed by atoms with E-state index >= 15 is 0 Å². The minimum atomic E-state index is -0.0161. The number of aryl methyl sites for hydroxylation is 2. The fourth-order valence-corrected chi connectivity index (χ4v) is 7.75. The van der Waals surface area contributed by atoms with Gasteiger partial charge < -0.3 is 19.1 Å². The van der Waals surface area contributed by atoms with Crippen LogP contribution in [-0.4, -0.2) is 9.55 Å². The van der Waals surface area contributed by atoms with E-state index < -0.39 is 0 Å². The maximum Gasteiger partial charge on any atom is 0.135 e. The van der Waals surface area contributed by atoms with Gasteiger partial charge in [-0.25, -0.2) is 4.98 Å². The van der Waals surface area contributed by atoms with E-state index in [1.807, 2.05) is 24.4 Å². The molecule has 290 valence electrons. The fourth-order valence-electron chi connectivity index (χ4n) is 7.75. The van der Waals surface area contributed by atoms with Crippen LogP contribution in [0, 0.1) is 18.8 Å². The first-order chi connectivity index (χ1) is 26.4. The molecule has 56 heavy (non-hydrogen) atoms. The van der Waals surface area contributed by atoms with Gasteiger partial charge in [0.25, 0.3) is 0 Å². The Morgan fingerprint density at radius 2 is 1.30 bits per heavy atom. The van der Waals surface area contributed by atoms with Gasteiger partial charge in [0.05, 0.1) is 0 Å². The fraction of sp³-hybridized carbons (Fsp3) is 0.280. The number of anilines is 4. The van der Waals surface area contributed by atoms with E-state index in [0.717, 1.165) is 70.7 Å². The average Bonchev–Trinajstić information content (AvgIpc) is 3.70. The van der Waals surface area contributed by atoms with Crippen molar-refractivity contribution in [3.05, 3.63) is 150 Å². The van der Waals surface area contributed by atoms with Crippen LogP contribution in [-0.2, 0) is 44.7 Å². The van der Waals surface area contributed by atoms with Gasteiger partial charge in [-0.1, -0.05) is 104 Å². The van der Waals surface area contributed by atoms with Crippen LogP contribution >= 0.6 is 0 Å². The Kier molecular flexibility index (Phi) is 11.0. The normalized spacial score (nSPS) is 13.0. The van der Waals surface area contributed by atoms with E-state index in [4.69, 9.17) is 9.72 Å². The largest absolute Gasteiger partial charge is 0.509 e. The number of benzene rings is 5. The molecule has 5 nitrogen and oxygen atoms in total. The van der Waals surface area contributed by atoms with Crippen LogP contribution < -0.4 is 14.5 Å². The summed E-state index contributed by atoms with van der Waals surface area (Å²) in [5, 5.41) is 2.36. The van der Waals surface area contributed by atoms with E-state index in [1.165, 1.54) is 27.6 Å². The number of rotatable bonds is 9. The van der Waals surface area contributed by atoms with Crippen molar-refractivity contribution in [2.45, 2.75) is 91.9 Å². The van der Waals surface area contributed by atoms with Gasteiger partial charge in [-0.3, -0.25) is 0 Å². The zero-order chi connectivity index (χ0) is 38.5. The molecule has 7 aromatic rings. The summed E-state index contributed by atoms with van der Waals surface area (Å²) < 4.78 is 8.91. The van der Waals surface area contributed by atoms with Crippen molar-refractivity contribution in [2.24, 2.45) is 0 Å². The van der Waals surface area contributed by atoms with Gasteiger partial charge in [0.15, 0.2) is 0 Å². The standard InChI is InChI=1S/C50H51N4O.Pt/c1-9-15-34-27-43-42-24-23-41(32-47(42)54(46(43)28-35(34)16-10-2)48-30-37(25-26-51-48)50(6,7)8)55-40-20-14-19-39(31-40)53-33-52(44-21-11-12-22-45(44)53)38-18-13-17-36(29-38)49(3,4)5;/h11-14,17-30,33H,9-10,15-16H2,1-8H3;/q-3;. The molecule has 0 amide bonds. The first-order valence-corrected chi connectivity index (χ1v) is 19.8. The van der Waals surface area contributed by atoms with Crippen LogP contribution in [0.4, 0.5) is 22.7 Å². The third-order valence-electron chi connectivity index (χ3n) is 10.7. The number of para-hydroxylation sites is 2. The molecule has 0 N–H and O–H groups in total. The van der Waals surface area contributed by atoms with Gasteiger partial charge in [0.2, 0.25) is 0 Å². The number of fused-ring (bicyclic) bond motifs is 4. The Balaban J connectivity index is 0.00000480. The zero-order valence-corrected chi connectivity index (χ0v) is 36.1. The molecule has 3 heterocycles. The third-order valence-corrected chi connectivity index (χ3v) is 10.7. The van der Waals surface area contributed by atoms with Crippen molar-refractivity contribution in [1.82, 2.24) is 9.55 Å². The molecule has 0 saturated carbocycles. The molecular weight excluding hydrogens is 868 g/mol. The van der Waals surface area contributed by atoms with Crippen molar-refractivity contribution in [3.63, 3.8) is 0 Å². The van der Waals surface area contributed by atoms with Gasteiger partial charge >= 0.3 is 0 Å². The number of hydrogen-bond acceptors (Lipinski definition) is 4. The summed E-state index contributed by atoms with van der Waals surface area (Å²) in [5.74, 6) is 2.14. The average molecular weight is 919 g/mol. The predicted octanol–water partition coefficient (Wildman–Crippen LogP) is 13.5. The van der Waals surface area contributed by atoms with Crippen LogP contribution in [0.25, 0.3) is 27.6 Å². The second kappa shape index (κ2) is 15.6. The molecule has 6 heteroatoms. The van der Waals surface area contributed by atoms with Crippen molar-refractivity contribution in [1.29, 1.82) is 0 Å². The van der Waals surface area contributed by atoms with Crippen LogP contribution in [0.15, 0.2) is 109 Å². The number of hydrogen-bond donors (Lipinski definition) is 0. The molecule has 5 aromatic carbocycles. The maximum absolute atomic E-state index is 6.63. The molecule has 8 rings (SSSR count). The molecule has 0 fully saturated rings. The van der Waals surface area contributed by atoms with Crippen molar-refractivity contribution >= 4 is 44.6 Å². The van der Waals surface area contributed by atoms with E-state index in [-0.39, 0.29) is 31.9 Å². The number of pyridine rings is 1. The molecule has 1 aliphatic rings. The first kappa shape index (κ1) is 39.4. The monoisotopic (exact) mass is 918 g/mol. The summed E-state index contributed by atoms with van der Waals surface area (Å²) in [6.45, 7) is 20.2. The smallest absolute Gasteiger partial charge is 0.135 e. The number of ether oxygens (including phenoxy) is 1. The molecule has 0 unspecified atom stereocenters. The van der Waals surface area contributed by atoms with Gasteiger partial charge in [0, 0.05) is 61.3 Å². The Morgan fingerprint density at radius 1 is 0.643 bits per heavy atom. The molecule has 0 atom stereocenters. The second-order valence-electron chi connectivity index (χ2n) is 16.9. The van der Waals surface area contributed by atoms with E-state index in [2.05, 4.69) is 173 Å². The zero-order valence-electron chi connectivity index (χ0n) is 33.8. The van der Waals surface area contributed by atoms with Crippen molar-refractivity contribution in [2.75, 3.05) is 9.80 Å². The Labute approximate surface area is 347 Å². The number of aromatic nitrogens is 2. The molecule has 2 aromatic heterocycles. The van der Waals surface area contributed by atoms with E-state index in [1.54, 1.807) is 0 Å². The van der Waals surface area contributed by atoms with Gasteiger partial charge in [-0.15, -0.1) is 48.1 Å². The Morgan fingerprint density at radius 3 is 2.02 bits per heavy atom. The Hall–Kier alpha value is -4.86. The van der Waals surface area contributed by atoms with Crippen LogP contribution in [0.5, 0.6) is 11.5 Å². The molecule has 0 radical (unpaired) electrons. The summed E-state index contributed by atoms with van der Waals surface area (Å²) in [5.41, 5.74) is 11.7. The summed E-state index contributed by atoms with van der Waals surface area (Å²) >= 11 is 0. The first-order valence-electron chi connectivity index (χ1n) is 19.8. The maximum atomic E-state index is 6.63. The van der Waals surface area contributed by atoms with E-state index in [0.29, 0.717) is 11.5 Å².